The van der Waals surface area contributed by atoms with E-state index in [1.165, 1.54) is 0 Å². The summed E-state index contributed by atoms with van der Waals surface area (Å²) in [7, 11) is 0. The van der Waals surface area contributed by atoms with E-state index in [-0.39, 0.29) is 6.42 Å². The van der Waals surface area contributed by atoms with Crippen LogP contribution >= 0.6 is 0 Å². The maximum absolute atomic E-state index is 10.8. The van der Waals surface area contributed by atoms with Crippen LogP contribution in [0.15, 0.2) is 18.3 Å². The van der Waals surface area contributed by atoms with Crippen LogP contribution in [0.4, 0.5) is 0 Å². The monoisotopic (exact) mass is 330 g/mol. The van der Waals surface area contributed by atoms with E-state index in [4.69, 9.17) is 9.84 Å². The predicted molar refractivity (Wildman–Crippen MR) is 85.1 cm³/mol. The van der Waals surface area contributed by atoms with Crippen LogP contribution in [0.2, 0.25) is 0 Å². The van der Waals surface area contributed by atoms with Crippen LogP contribution in [0.25, 0.3) is 16.5 Å². The Kier molecular flexibility index (Phi) is 3.64. The molecule has 3 atom stereocenters. The van der Waals surface area contributed by atoms with Gasteiger partial charge in [0.15, 0.2) is 6.29 Å². The maximum Gasteiger partial charge on any atom is 0.303 e. The standard InChI is InChI=1S/C17H18N2O5/c20-11-5-4-8-13-9(2-1-3-12(21)22)19-10-6-7-18-15(14(10)13)17(23)24-16(8)11/h4,6-7,11,16-17,19-20,23H,1-3,5H2,(H,21,22). The first kappa shape index (κ1) is 15.3. The number of fused-ring (bicyclic) bond motifs is 2. The lowest BCUT2D eigenvalue weighted by atomic mass is 9.97. The molecule has 0 saturated carbocycles. The molecular formula is C17H18N2O5. The van der Waals surface area contributed by atoms with Gasteiger partial charge in [0.25, 0.3) is 0 Å². The molecular weight excluding hydrogens is 312 g/mol. The molecule has 3 heterocycles. The molecule has 4 rings (SSSR count). The fraction of sp³-hybridized carbons (Fsp3) is 0.412. The van der Waals surface area contributed by atoms with Gasteiger partial charge in [-0.1, -0.05) is 6.08 Å². The number of aromatic amines is 1. The van der Waals surface area contributed by atoms with Gasteiger partial charge in [-0.25, -0.2) is 0 Å². The minimum atomic E-state index is -1.21. The highest BCUT2D eigenvalue weighted by atomic mass is 16.6. The number of carboxylic acids is 1. The first-order valence-corrected chi connectivity index (χ1v) is 7.99. The Morgan fingerprint density at radius 1 is 1.42 bits per heavy atom. The van der Waals surface area contributed by atoms with E-state index in [0.717, 1.165) is 27.7 Å². The zero-order chi connectivity index (χ0) is 16.8. The summed E-state index contributed by atoms with van der Waals surface area (Å²) in [4.78, 5) is 18.4. The summed E-state index contributed by atoms with van der Waals surface area (Å²) in [6, 6.07) is 1.82. The second-order valence-electron chi connectivity index (χ2n) is 6.22. The lowest BCUT2D eigenvalue weighted by Crippen LogP contribution is -2.26. The third-order valence-corrected chi connectivity index (χ3v) is 4.67. The summed E-state index contributed by atoms with van der Waals surface area (Å²) in [5.41, 5.74) is 3.86. The molecule has 0 bridgehead atoms. The molecule has 126 valence electrons. The number of pyridine rings is 1. The number of aromatic nitrogens is 2. The van der Waals surface area contributed by atoms with Crippen LogP contribution in [0, 0.1) is 0 Å². The molecule has 1 aliphatic heterocycles. The number of H-pyrrole nitrogens is 1. The van der Waals surface area contributed by atoms with Crippen molar-refractivity contribution < 1.29 is 24.9 Å². The average Bonchev–Trinajstić information content (AvgIpc) is 3.03. The van der Waals surface area contributed by atoms with Gasteiger partial charge in [-0.05, 0) is 30.9 Å². The largest absolute Gasteiger partial charge is 0.481 e. The molecule has 24 heavy (non-hydrogen) atoms. The maximum atomic E-state index is 10.8. The zero-order valence-corrected chi connectivity index (χ0v) is 12.9. The highest BCUT2D eigenvalue weighted by Crippen LogP contribution is 2.44. The predicted octanol–water partition coefficient (Wildman–Crippen LogP) is 1.51. The molecule has 2 aromatic rings. The normalized spacial score (nSPS) is 25.4. The minimum absolute atomic E-state index is 0.0874. The van der Waals surface area contributed by atoms with Gasteiger partial charge in [-0.3, -0.25) is 9.78 Å². The number of aliphatic hydroxyl groups excluding tert-OH is 2. The summed E-state index contributed by atoms with van der Waals surface area (Å²) in [5, 5.41) is 30.2. The third kappa shape index (κ3) is 2.32. The van der Waals surface area contributed by atoms with Gasteiger partial charge in [0.05, 0.1) is 6.10 Å². The molecule has 0 amide bonds. The fourth-order valence-electron chi connectivity index (χ4n) is 3.64. The molecule has 0 spiro atoms. The van der Waals surface area contributed by atoms with E-state index < -0.39 is 24.5 Å². The average molecular weight is 330 g/mol. The Morgan fingerprint density at radius 3 is 3.04 bits per heavy atom. The smallest absolute Gasteiger partial charge is 0.303 e. The van der Waals surface area contributed by atoms with Crippen molar-refractivity contribution in [1.29, 1.82) is 0 Å². The number of nitrogens with zero attached hydrogens (tertiary/aromatic N) is 1. The van der Waals surface area contributed by atoms with Crippen molar-refractivity contribution in [2.24, 2.45) is 0 Å². The van der Waals surface area contributed by atoms with Crippen LogP contribution in [0.1, 0.15) is 42.5 Å². The van der Waals surface area contributed by atoms with E-state index in [2.05, 4.69) is 9.97 Å². The van der Waals surface area contributed by atoms with Crippen molar-refractivity contribution in [2.45, 2.75) is 44.2 Å². The van der Waals surface area contributed by atoms with Crippen LogP contribution in [-0.4, -0.2) is 43.5 Å². The molecule has 0 saturated heterocycles. The second kappa shape index (κ2) is 5.70. The highest BCUT2D eigenvalue weighted by molar-refractivity contribution is 5.98. The number of hydrogen-bond acceptors (Lipinski definition) is 5. The lowest BCUT2D eigenvalue weighted by Gasteiger charge is -2.20. The van der Waals surface area contributed by atoms with Crippen molar-refractivity contribution in [2.75, 3.05) is 0 Å². The van der Waals surface area contributed by atoms with E-state index in [1.54, 1.807) is 6.20 Å². The van der Waals surface area contributed by atoms with E-state index in [1.807, 2.05) is 12.1 Å². The number of carbonyl (C=O) groups is 1. The molecule has 2 aromatic heterocycles. The van der Waals surface area contributed by atoms with Gasteiger partial charge in [-0.2, -0.15) is 0 Å². The molecule has 7 heteroatoms. The molecule has 2 aliphatic rings. The number of rotatable bonds is 4. The summed E-state index contributed by atoms with van der Waals surface area (Å²) < 4.78 is 5.64. The Morgan fingerprint density at radius 2 is 2.25 bits per heavy atom. The molecule has 0 radical (unpaired) electrons. The van der Waals surface area contributed by atoms with E-state index >= 15 is 0 Å². The molecule has 7 nitrogen and oxygen atoms in total. The van der Waals surface area contributed by atoms with Crippen molar-refractivity contribution in [3.05, 3.63) is 35.3 Å². The van der Waals surface area contributed by atoms with Crippen LogP contribution in [-0.2, 0) is 16.0 Å². The van der Waals surface area contributed by atoms with Crippen molar-refractivity contribution in [3.63, 3.8) is 0 Å². The number of hydrogen-bond donors (Lipinski definition) is 4. The van der Waals surface area contributed by atoms with Crippen LogP contribution < -0.4 is 0 Å². The highest BCUT2D eigenvalue weighted by Gasteiger charge is 2.38. The van der Waals surface area contributed by atoms with E-state index in [0.29, 0.717) is 25.0 Å². The lowest BCUT2D eigenvalue weighted by molar-refractivity contribution is -0.146. The summed E-state index contributed by atoms with van der Waals surface area (Å²) >= 11 is 0. The summed E-state index contributed by atoms with van der Waals surface area (Å²) in [6.45, 7) is 0. The van der Waals surface area contributed by atoms with Gasteiger partial charge >= 0.3 is 5.97 Å². The summed E-state index contributed by atoms with van der Waals surface area (Å²) in [5.74, 6) is -0.827. The molecule has 0 aromatic carbocycles. The third-order valence-electron chi connectivity index (χ3n) is 4.67. The fourth-order valence-corrected chi connectivity index (χ4v) is 3.64. The summed E-state index contributed by atoms with van der Waals surface area (Å²) in [6.07, 6.45) is 2.61. The number of aryl methyl sites for hydroxylation is 1. The van der Waals surface area contributed by atoms with Gasteiger partial charge in [0.2, 0.25) is 0 Å². The topological polar surface area (TPSA) is 116 Å². The first-order valence-electron chi connectivity index (χ1n) is 7.99. The van der Waals surface area contributed by atoms with Crippen LogP contribution in [0.3, 0.4) is 0 Å². The SMILES string of the molecule is O=C(O)CCCc1[nH]c2ccnc3c2c1C1=CCC(O)C1OC3O. The Labute approximate surface area is 137 Å². The van der Waals surface area contributed by atoms with Crippen LogP contribution in [0.5, 0.6) is 0 Å². The number of aliphatic hydroxyl groups is 2. The molecule has 4 N–H and O–H groups in total. The van der Waals surface area contributed by atoms with E-state index in [9.17, 15) is 15.0 Å². The molecule has 3 unspecified atom stereocenters. The number of ether oxygens (including phenoxy) is 1. The minimum Gasteiger partial charge on any atom is -0.481 e. The number of nitrogens with one attached hydrogen (secondary N) is 1. The van der Waals surface area contributed by atoms with Crippen molar-refractivity contribution >= 4 is 22.4 Å². The Hall–Kier alpha value is -2.22. The Balaban J connectivity index is 1.86. The quantitative estimate of drug-likeness (QED) is 0.675. The Bertz CT molecular complexity index is 841. The van der Waals surface area contributed by atoms with Gasteiger partial charge in [-0.15, -0.1) is 0 Å². The first-order chi connectivity index (χ1) is 11.6. The van der Waals surface area contributed by atoms with Crippen molar-refractivity contribution in [1.82, 2.24) is 9.97 Å². The number of aliphatic carboxylic acids is 1. The second-order valence-corrected chi connectivity index (χ2v) is 6.22. The van der Waals surface area contributed by atoms with Crippen molar-refractivity contribution in [3.8, 4) is 0 Å². The molecule has 0 fully saturated rings. The van der Waals surface area contributed by atoms with Gasteiger partial charge in [0, 0.05) is 34.8 Å². The molecule has 1 aliphatic carbocycles. The number of carboxylic acid groups (broad SMARTS) is 1. The van der Waals surface area contributed by atoms with Gasteiger partial charge < -0.3 is 25.0 Å². The zero-order valence-electron chi connectivity index (χ0n) is 12.9. The van der Waals surface area contributed by atoms with Gasteiger partial charge in [0.1, 0.15) is 11.8 Å².